The van der Waals surface area contributed by atoms with E-state index in [0.717, 1.165) is 56.6 Å². The molecule has 1 aliphatic rings. The highest BCUT2D eigenvalue weighted by atomic mass is 32.1. The summed E-state index contributed by atoms with van der Waals surface area (Å²) in [6, 6.07) is 5.56. The summed E-state index contributed by atoms with van der Waals surface area (Å²) in [6.45, 7) is 5.67. The highest BCUT2D eigenvalue weighted by Gasteiger charge is 2.13. The summed E-state index contributed by atoms with van der Waals surface area (Å²) in [5, 5.41) is 6.97. The number of benzene rings is 1. The highest BCUT2D eigenvalue weighted by Crippen LogP contribution is 2.28. The molecule has 1 heterocycles. The van der Waals surface area contributed by atoms with Crippen LogP contribution in [0.1, 0.15) is 0 Å². The number of anilines is 1. The molecule has 0 saturated carbocycles. The molecule has 2 rings (SSSR count). The molecular formula is C15H24N3O3S+. The van der Waals surface area contributed by atoms with E-state index in [4.69, 9.17) is 26.4 Å². The molecule has 0 atom stereocenters. The smallest absolute Gasteiger partial charge is 0.171 e. The maximum atomic E-state index is 5.35. The van der Waals surface area contributed by atoms with Crippen LogP contribution in [-0.2, 0) is 4.74 Å². The van der Waals surface area contributed by atoms with Crippen LogP contribution in [0, 0.1) is 0 Å². The molecule has 1 aliphatic heterocycles. The zero-order chi connectivity index (χ0) is 15.8. The SMILES string of the molecule is COc1ccc(OC)c(NC(=S)NCC[NH+]2CCOCC2)c1. The summed E-state index contributed by atoms with van der Waals surface area (Å²) in [4.78, 5) is 1.54. The van der Waals surface area contributed by atoms with E-state index in [1.807, 2.05) is 18.2 Å². The number of rotatable bonds is 6. The van der Waals surface area contributed by atoms with Crippen molar-refractivity contribution < 1.29 is 19.1 Å². The molecule has 0 radical (unpaired) electrons. The predicted octanol–water partition coefficient (Wildman–Crippen LogP) is -0.0947. The largest absolute Gasteiger partial charge is 0.497 e. The van der Waals surface area contributed by atoms with Crippen molar-refractivity contribution >= 4 is 23.0 Å². The first-order valence-electron chi connectivity index (χ1n) is 7.41. The maximum Gasteiger partial charge on any atom is 0.171 e. The van der Waals surface area contributed by atoms with Crippen molar-refractivity contribution in [3.05, 3.63) is 18.2 Å². The molecule has 22 heavy (non-hydrogen) atoms. The van der Waals surface area contributed by atoms with Crippen molar-refractivity contribution in [2.75, 3.05) is 58.9 Å². The van der Waals surface area contributed by atoms with Crippen LogP contribution in [0.4, 0.5) is 5.69 Å². The molecule has 0 bridgehead atoms. The second-order valence-electron chi connectivity index (χ2n) is 5.06. The monoisotopic (exact) mass is 326 g/mol. The standard InChI is InChI=1S/C15H23N3O3S/c1-19-12-3-4-14(20-2)13(11-12)17-15(22)16-5-6-18-7-9-21-10-8-18/h3-4,11H,5-10H2,1-2H3,(H2,16,17,22)/p+1. The van der Waals surface area contributed by atoms with Gasteiger partial charge in [-0.25, -0.2) is 0 Å². The Balaban J connectivity index is 1.80. The summed E-state index contributed by atoms with van der Waals surface area (Å²) in [7, 11) is 3.26. The first-order chi connectivity index (χ1) is 10.7. The van der Waals surface area contributed by atoms with Crippen molar-refractivity contribution in [3.8, 4) is 11.5 Å². The Kier molecular flexibility index (Phi) is 6.70. The molecule has 1 aromatic rings. The number of morpholine rings is 1. The fraction of sp³-hybridized carbons (Fsp3) is 0.533. The molecule has 1 aromatic carbocycles. The van der Waals surface area contributed by atoms with E-state index in [-0.39, 0.29) is 0 Å². The van der Waals surface area contributed by atoms with E-state index in [1.54, 1.807) is 19.1 Å². The van der Waals surface area contributed by atoms with Crippen molar-refractivity contribution in [1.29, 1.82) is 0 Å². The van der Waals surface area contributed by atoms with Gasteiger partial charge in [0.15, 0.2) is 5.11 Å². The van der Waals surface area contributed by atoms with Gasteiger partial charge < -0.3 is 29.7 Å². The Morgan fingerprint density at radius 3 is 2.73 bits per heavy atom. The van der Waals surface area contributed by atoms with E-state index in [0.29, 0.717) is 5.11 Å². The molecule has 1 saturated heterocycles. The van der Waals surface area contributed by atoms with Gasteiger partial charge in [0.1, 0.15) is 24.6 Å². The van der Waals surface area contributed by atoms with Crippen LogP contribution in [0.2, 0.25) is 0 Å². The second kappa shape index (κ2) is 8.77. The van der Waals surface area contributed by atoms with E-state index in [1.165, 1.54) is 0 Å². The van der Waals surface area contributed by atoms with Crippen molar-refractivity contribution in [1.82, 2.24) is 5.32 Å². The van der Waals surface area contributed by atoms with Crippen LogP contribution >= 0.6 is 12.2 Å². The summed E-state index contributed by atoms with van der Waals surface area (Å²) >= 11 is 5.34. The average molecular weight is 326 g/mol. The lowest BCUT2D eigenvalue weighted by molar-refractivity contribution is -0.906. The van der Waals surface area contributed by atoms with Gasteiger partial charge in [0.2, 0.25) is 0 Å². The van der Waals surface area contributed by atoms with Gasteiger partial charge in [-0.05, 0) is 24.4 Å². The Hall–Kier alpha value is -1.57. The summed E-state index contributed by atoms with van der Waals surface area (Å²) in [5.74, 6) is 1.48. The number of ether oxygens (including phenoxy) is 3. The third kappa shape index (κ3) is 5.01. The van der Waals surface area contributed by atoms with Gasteiger partial charge in [-0.3, -0.25) is 0 Å². The van der Waals surface area contributed by atoms with Crippen LogP contribution < -0.4 is 25.0 Å². The van der Waals surface area contributed by atoms with Crippen molar-refractivity contribution in [2.24, 2.45) is 0 Å². The Morgan fingerprint density at radius 1 is 1.27 bits per heavy atom. The van der Waals surface area contributed by atoms with Gasteiger partial charge in [0.25, 0.3) is 0 Å². The third-order valence-corrected chi connectivity index (χ3v) is 3.87. The number of hydrogen-bond acceptors (Lipinski definition) is 4. The van der Waals surface area contributed by atoms with Crippen molar-refractivity contribution in [2.45, 2.75) is 0 Å². The van der Waals surface area contributed by atoms with E-state index >= 15 is 0 Å². The highest BCUT2D eigenvalue weighted by molar-refractivity contribution is 7.80. The maximum absolute atomic E-state index is 5.35. The second-order valence-corrected chi connectivity index (χ2v) is 5.47. The lowest BCUT2D eigenvalue weighted by Gasteiger charge is -2.24. The molecule has 122 valence electrons. The van der Waals surface area contributed by atoms with E-state index in [2.05, 4.69) is 10.6 Å². The number of hydrogen-bond donors (Lipinski definition) is 3. The molecule has 1 fully saturated rings. The molecule has 0 aromatic heterocycles. The summed E-state index contributed by atoms with van der Waals surface area (Å²) in [6.07, 6.45) is 0. The minimum Gasteiger partial charge on any atom is -0.497 e. The van der Waals surface area contributed by atoms with Gasteiger partial charge in [-0.1, -0.05) is 0 Å². The van der Waals surface area contributed by atoms with Crippen LogP contribution in [0.25, 0.3) is 0 Å². The molecule has 0 unspecified atom stereocenters. The molecule has 0 amide bonds. The molecule has 0 aliphatic carbocycles. The Bertz CT molecular complexity index is 493. The molecule has 3 N–H and O–H groups in total. The van der Waals surface area contributed by atoms with Crippen molar-refractivity contribution in [3.63, 3.8) is 0 Å². The first-order valence-corrected chi connectivity index (χ1v) is 7.82. The van der Waals surface area contributed by atoms with E-state index < -0.39 is 0 Å². The van der Waals surface area contributed by atoms with E-state index in [9.17, 15) is 0 Å². The molecule has 0 spiro atoms. The zero-order valence-electron chi connectivity index (χ0n) is 13.1. The third-order valence-electron chi connectivity index (χ3n) is 3.62. The van der Waals surface area contributed by atoms with Gasteiger partial charge in [0.05, 0.1) is 46.2 Å². The quantitative estimate of drug-likeness (QED) is 0.635. The number of methoxy groups -OCH3 is 2. The predicted molar refractivity (Wildman–Crippen MR) is 90.2 cm³/mol. The fourth-order valence-corrected chi connectivity index (χ4v) is 2.55. The van der Waals surface area contributed by atoms with Crippen LogP contribution in [0.5, 0.6) is 11.5 Å². The Labute approximate surface area is 136 Å². The minimum atomic E-state index is 0.583. The van der Waals surface area contributed by atoms with Gasteiger partial charge >= 0.3 is 0 Å². The Morgan fingerprint density at radius 2 is 2.05 bits per heavy atom. The van der Waals surface area contributed by atoms with Gasteiger partial charge in [0, 0.05) is 6.07 Å². The zero-order valence-corrected chi connectivity index (χ0v) is 13.9. The van der Waals surface area contributed by atoms with Crippen LogP contribution in [-0.4, -0.2) is 58.7 Å². The fourth-order valence-electron chi connectivity index (χ4n) is 2.34. The normalized spacial score (nSPS) is 15.2. The summed E-state index contributed by atoms with van der Waals surface area (Å²) in [5.41, 5.74) is 0.790. The molecule has 6 nitrogen and oxygen atoms in total. The molecular weight excluding hydrogens is 302 g/mol. The lowest BCUT2D eigenvalue weighted by Crippen LogP contribution is -3.14. The first kappa shape index (κ1) is 16.8. The minimum absolute atomic E-state index is 0.583. The number of nitrogens with one attached hydrogen (secondary N) is 3. The summed E-state index contributed by atoms with van der Waals surface area (Å²) < 4.78 is 15.9. The lowest BCUT2D eigenvalue weighted by atomic mass is 10.2. The van der Waals surface area contributed by atoms with Crippen LogP contribution in [0.3, 0.4) is 0 Å². The van der Waals surface area contributed by atoms with Gasteiger partial charge in [-0.2, -0.15) is 0 Å². The molecule has 7 heteroatoms. The number of thiocarbonyl (C=S) groups is 1. The average Bonchev–Trinajstić information content (AvgIpc) is 2.55. The van der Waals surface area contributed by atoms with Crippen LogP contribution in [0.15, 0.2) is 18.2 Å². The topological polar surface area (TPSA) is 56.2 Å². The van der Waals surface area contributed by atoms with Gasteiger partial charge in [-0.15, -0.1) is 0 Å². The number of quaternary nitrogens is 1.